The van der Waals surface area contributed by atoms with Gasteiger partial charge in [0.25, 0.3) is 0 Å². The number of nitrogens with one attached hydrogen (secondary N) is 1. The van der Waals surface area contributed by atoms with Gasteiger partial charge in [0.1, 0.15) is 0 Å². The summed E-state index contributed by atoms with van der Waals surface area (Å²) in [5.41, 5.74) is 1.14. The van der Waals surface area contributed by atoms with Gasteiger partial charge in [-0.1, -0.05) is 5.16 Å². The van der Waals surface area contributed by atoms with Crippen LogP contribution in [0.3, 0.4) is 0 Å². The van der Waals surface area contributed by atoms with E-state index in [1.165, 1.54) is 12.8 Å². The van der Waals surface area contributed by atoms with Crippen LogP contribution in [0.15, 0.2) is 29.0 Å². The highest BCUT2D eigenvalue weighted by Gasteiger charge is 2.16. The Morgan fingerprint density at radius 3 is 3.00 bits per heavy atom. The van der Waals surface area contributed by atoms with Gasteiger partial charge in [0.05, 0.1) is 6.42 Å². The van der Waals surface area contributed by atoms with E-state index in [0.717, 1.165) is 30.9 Å². The van der Waals surface area contributed by atoms with E-state index in [-0.39, 0.29) is 0 Å². The number of nitrogens with zero attached hydrogens (tertiary/aromatic N) is 3. The van der Waals surface area contributed by atoms with Gasteiger partial charge in [0.2, 0.25) is 5.89 Å². The van der Waals surface area contributed by atoms with Gasteiger partial charge in [-0.15, -0.1) is 0 Å². The number of rotatable bonds is 4. The molecule has 0 spiro atoms. The molecule has 2 aromatic heterocycles. The quantitative estimate of drug-likeness (QED) is 0.902. The standard InChI is InChI=1S/C14H18N4O/c1-2-12(10-16-5-1)8-13-17-14(19-18-13)9-11-3-6-15-7-4-11/h3-4,6-7,12,16H,1-2,5,8-10H2. The second kappa shape index (κ2) is 5.93. The highest BCUT2D eigenvalue weighted by molar-refractivity contribution is 5.14. The first-order valence-electron chi connectivity index (χ1n) is 6.81. The van der Waals surface area contributed by atoms with Crippen molar-refractivity contribution in [3.8, 4) is 0 Å². The average molecular weight is 258 g/mol. The molecule has 1 aliphatic rings. The predicted octanol–water partition coefficient (Wildman–Crippen LogP) is 1.60. The van der Waals surface area contributed by atoms with Crippen molar-refractivity contribution in [2.45, 2.75) is 25.7 Å². The van der Waals surface area contributed by atoms with Crippen LogP contribution in [-0.4, -0.2) is 28.2 Å². The Labute approximate surface area is 112 Å². The minimum Gasteiger partial charge on any atom is -0.339 e. The van der Waals surface area contributed by atoms with Gasteiger partial charge in [0.15, 0.2) is 5.82 Å². The summed E-state index contributed by atoms with van der Waals surface area (Å²) in [4.78, 5) is 8.47. The van der Waals surface area contributed by atoms with Crippen molar-refractivity contribution in [2.24, 2.45) is 5.92 Å². The number of pyridine rings is 1. The van der Waals surface area contributed by atoms with Crippen molar-refractivity contribution in [3.05, 3.63) is 41.8 Å². The van der Waals surface area contributed by atoms with Crippen molar-refractivity contribution in [1.29, 1.82) is 0 Å². The molecule has 1 saturated heterocycles. The van der Waals surface area contributed by atoms with Crippen molar-refractivity contribution >= 4 is 0 Å². The first-order valence-corrected chi connectivity index (χ1v) is 6.81. The fraction of sp³-hybridized carbons (Fsp3) is 0.500. The van der Waals surface area contributed by atoms with Crippen LogP contribution in [0, 0.1) is 5.92 Å². The summed E-state index contributed by atoms with van der Waals surface area (Å²) in [5.74, 6) is 2.16. The molecule has 1 N–H and O–H groups in total. The second-order valence-electron chi connectivity index (χ2n) is 5.05. The highest BCUT2D eigenvalue weighted by Crippen LogP contribution is 2.15. The molecule has 19 heavy (non-hydrogen) atoms. The normalized spacial score (nSPS) is 19.5. The Hall–Kier alpha value is -1.75. The van der Waals surface area contributed by atoms with E-state index >= 15 is 0 Å². The Bertz CT molecular complexity index is 505. The summed E-state index contributed by atoms with van der Waals surface area (Å²) in [6.07, 6.45) is 7.64. The van der Waals surface area contributed by atoms with Gasteiger partial charge in [-0.2, -0.15) is 4.98 Å². The van der Waals surface area contributed by atoms with Gasteiger partial charge >= 0.3 is 0 Å². The van der Waals surface area contributed by atoms with Crippen LogP contribution in [-0.2, 0) is 12.8 Å². The summed E-state index contributed by atoms with van der Waals surface area (Å²) in [7, 11) is 0. The predicted molar refractivity (Wildman–Crippen MR) is 70.6 cm³/mol. The highest BCUT2D eigenvalue weighted by atomic mass is 16.5. The van der Waals surface area contributed by atoms with E-state index in [0.29, 0.717) is 18.2 Å². The Balaban J connectivity index is 1.59. The lowest BCUT2D eigenvalue weighted by Gasteiger charge is -2.20. The van der Waals surface area contributed by atoms with Crippen LogP contribution >= 0.6 is 0 Å². The van der Waals surface area contributed by atoms with Crippen LogP contribution < -0.4 is 5.32 Å². The second-order valence-corrected chi connectivity index (χ2v) is 5.05. The van der Waals surface area contributed by atoms with Gasteiger partial charge in [-0.05, 0) is 49.5 Å². The maximum atomic E-state index is 5.31. The Kier molecular flexibility index (Phi) is 3.83. The van der Waals surface area contributed by atoms with E-state index < -0.39 is 0 Å². The molecule has 0 bridgehead atoms. The topological polar surface area (TPSA) is 63.8 Å². The summed E-state index contributed by atoms with van der Waals surface area (Å²) in [6.45, 7) is 2.20. The number of aromatic nitrogens is 3. The SMILES string of the molecule is c1cc(Cc2nc(CC3CCCNC3)no2)ccn1. The number of hydrogen-bond acceptors (Lipinski definition) is 5. The third kappa shape index (κ3) is 3.38. The van der Waals surface area contributed by atoms with E-state index in [2.05, 4.69) is 20.4 Å². The number of hydrogen-bond donors (Lipinski definition) is 1. The summed E-state index contributed by atoms with van der Waals surface area (Å²) in [6, 6.07) is 3.93. The molecule has 3 rings (SSSR count). The van der Waals surface area contributed by atoms with E-state index in [9.17, 15) is 0 Å². The molecule has 5 heteroatoms. The average Bonchev–Trinajstić information content (AvgIpc) is 2.88. The molecule has 2 aromatic rings. The molecule has 0 radical (unpaired) electrons. The van der Waals surface area contributed by atoms with Gasteiger partial charge in [-0.3, -0.25) is 4.98 Å². The Morgan fingerprint density at radius 2 is 2.21 bits per heavy atom. The van der Waals surface area contributed by atoms with Crippen molar-refractivity contribution in [2.75, 3.05) is 13.1 Å². The van der Waals surface area contributed by atoms with E-state index in [1.807, 2.05) is 12.1 Å². The fourth-order valence-corrected chi connectivity index (χ4v) is 2.48. The van der Waals surface area contributed by atoms with Crippen molar-refractivity contribution in [3.63, 3.8) is 0 Å². The molecular formula is C14H18N4O. The molecule has 1 atom stereocenters. The smallest absolute Gasteiger partial charge is 0.231 e. The van der Waals surface area contributed by atoms with Crippen molar-refractivity contribution < 1.29 is 4.52 Å². The molecular weight excluding hydrogens is 240 g/mol. The zero-order chi connectivity index (χ0) is 12.9. The third-order valence-corrected chi connectivity index (χ3v) is 3.49. The minimum absolute atomic E-state index is 0.639. The molecule has 0 amide bonds. The monoisotopic (exact) mass is 258 g/mol. The lowest BCUT2D eigenvalue weighted by atomic mass is 9.96. The lowest BCUT2D eigenvalue weighted by molar-refractivity contribution is 0.351. The summed E-state index contributed by atoms with van der Waals surface area (Å²) < 4.78 is 5.31. The van der Waals surface area contributed by atoms with Crippen molar-refractivity contribution in [1.82, 2.24) is 20.4 Å². The van der Waals surface area contributed by atoms with Crippen LogP contribution in [0.1, 0.15) is 30.1 Å². The fourth-order valence-electron chi connectivity index (χ4n) is 2.48. The Morgan fingerprint density at radius 1 is 1.32 bits per heavy atom. The van der Waals surface area contributed by atoms with Crippen LogP contribution in [0.4, 0.5) is 0 Å². The van der Waals surface area contributed by atoms with Gasteiger partial charge < -0.3 is 9.84 Å². The molecule has 1 aliphatic heterocycles. The van der Waals surface area contributed by atoms with Crippen LogP contribution in [0.5, 0.6) is 0 Å². The minimum atomic E-state index is 0.639. The maximum Gasteiger partial charge on any atom is 0.231 e. The van der Waals surface area contributed by atoms with Gasteiger partial charge in [-0.25, -0.2) is 0 Å². The van der Waals surface area contributed by atoms with Gasteiger partial charge in [0, 0.05) is 18.8 Å². The summed E-state index contributed by atoms with van der Waals surface area (Å²) in [5, 5.41) is 7.49. The zero-order valence-electron chi connectivity index (χ0n) is 10.9. The third-order valence-electron chi connectivity index (χ3n) is 3.49. The molecule has 100 valence electrons. The van der Waals surface area contributed by atoms with E-state index in [4.69, 9.17) is 4.52 Å². The molecule has 5 nitrogen and oxygen atoms in total. The lowest BCUT2D eigenvalue weighted by Crippen LogP contribution is -2.31. The van der Waals surface area contributed by atoms with Crippen LogP contribution in [0.25, 0.3) is 0 Å². The summed E-state index contributed by atoms with van der Waals surface area (Å²) >= 11 is 0. The first-order chi connectivity index (χ1) is 9.40. The zero-order valence-corrected chi connectivity index (χ0v) is 10.9. The molecule has 0 aliphatic carbocycles. The molecule has 0 aromatic carbocycles. The molecule has 1 unspecified atom stereocenters. The largest absolute Gasteiger partial charge is 0.339 e. The van der Waals surface area contributed by atoms with E-state index in [1.54, 1.807) is 12.4 Å². The molecule has 1 fully saturated rings. The first kappa shape index (κ1) is 12.3. The van der Waals surface area contributed by atoms with Crippen LogP contribution in [0.2, 0.25) is 0 Å². The number of piperidine rings is 1. The molecule has 0 saturated carbocycles. The maximum absolute atomic E-state index is 5.31. The molecule has 3 heterocycles.